The van der Waals surface area contributed by atoms with E-state index in [9.17, 15) is 18.3 Å². The van der Waals surface area contributed by atoms with Crippen molar-refractivity contribution >= 4 is 16.6 Å². The summed E-state index contributed by atoms with van der Waals surface area (Å²) >= 11 is 0. The highest BCUT2D eigenvalue weighted by molar-refractivity contribution is 5.84. The molecule has 0 bridgehead atoms. The van der Waals surface area contributed by atoms with Gasteiger partial charge in [-0.05, 0) is 50.0 Å². The van der Waals surface area contributed by atoms with E-state index >= 15 is 0 Å². The standard InChI is InChI=1S/C19H21F3N2O/c1-18(2,25)9-10-24-12-23-16-11-14(5-8-17(16)24)13-3-6-15(7-4-13)19(20,21)22/h3-6,8,11-12,15,25H,7,9-10H2,1-2H3. The number of aryl methyl sites for hydroxylation is 1. The van der Waals surface area contributed by atoms with E-state index < -0.39 is 17.7 Å². The number of allylic oxidation sites excluding steroid dienone is 4. The van der Waals surface area contributed by atoms with E-state index in [1.165, 1.54) is 12.2 Å². The highest BCUT2D eigenvalue weighted by Gasteiger charge is 2.37. The van der Waals surface area contributed by atoms with Gasteiger partial charge in [0.2, 0.25) is 0 Å². The van der Waals surface area contributed by atoms with Gasteiger partial charge in [-0.1, -0.05) is 24.3 Å². The third-order valence-corrected chi connectivity index (χ3v) is 4.44. The molecule has 1 aromatic heterocycles. The largest absolute Gasteiger partial charge is 0.395 e. The van der Waals surface area contributed by atoms with Crippen molar-refractivity contribution in [2.24, 2.45) is 5.92 Å². The van der Waals surface area contributed by atoms with Crippen LogP contribution >= 0.6 is 0 Å². The Labute approximate surface area is 144 Å². The zero-order valence-electron chi connectivity index (χ0n) is 14.2. The second kappa shape index (κ2) is 6.33. The van der Waals surface area contributed by atoms with Crippen molar-refractivity contribution in [2.45, 2.75) is 45.0 Å². The van der Waals surface area contributed by atoms with Crippen LogP contribution in [0.4, 0.5) is 13.2 Å². The number of alkyl halides is 3. The summed E-state index contributed by atoms with van der Waals surface area (Å²) < 4.78 is 40.2. The predicted molar refractivity (Wildman–Crippen MR) is 91.9 cm³/mol. The molecule has 0 saturated heterocycles. The maximum Gasteiger partial charge on any atom is 0.395 e. The molecule has 1 N–H and O–H groups in total. The van der Waals surface area contributed by atoms with Gasteiger partial charge in [0.05, 0.1) is 28.9 Å². The van der Waals surface area contributed by atoms with Gasteiger partial charge >= 0.3 is 6.18 Å². The molecule has 1 aliphatic carbocycles. The summed E-state index contributed by atoms with van der Waals surface area (Å²) in [5, 5.41) is 9.85. The van der Waals surface area contributed by atoms with Crippen molar-refractivity contribution in [3.05, 3.63) is 48.3 Å². The highest BCUT2D eigenvalue weighted by Crippen LogP contribution is 2.35. The lowest BCUT2D eigenvalue weighted by molar-refractivity contribution is -0.160. The summed E-state index contributed by atoms with van der Waals surface area (Å²) in [5.41, 5.74) is 2.64. The fourth-order valence-corrected chi connectivity index (χ4v) is 2.89. The molecule has 1 unspecified atom stereocenters. The summed E-state index contributed by atoms with van der Waals surface area (Å²) in [7, 11) is 0. The van der Waals surface area contributed by atoms with Crippen LogP contribution in [-0.4, -0.2) is 26.4 Å². The summed E-state index contributed by atoms with van der Waals surface area (Å²) in [6.07, 6.45) is 2.49. The molecule has 2 aromatic rings. The fourth-order valence-electron chi connectivity index (χ4n) is 2.89. The Kier molecular flexibility index (Phi) is 4.49. The van der Waals surface area contributed by atoms with Gasteiger partial charge in [0.1, 0.15) is 0 Å². The summed E-state index contributed by atoms with van der Waals surface area (Å²) in [6, 6.07) is 5.71. The monoisotopic (exact) mass is 350 g/mol. The first kappa shape index (κ1) is 17.7. The van der Waals surface area contributed by atoms with E-state index in [4.69, 9.17) is 0 Å². The van der Waals surface area contributed by atoms with Gasteiger partial charge in [-0.3, -0.25) is 0 Å². The Morgan fingerprint density at radius 3 is 2.64 bits per heavy atom. The van der Waals surface area contributed by atoms with Crippen LogP contribution in [-0.2, 0) is 6.54 Å². The first-order valence-corrected chi connectivity index (χ1v) is 8.26. The first-order chi connectivity index (χ1) is 11.6. The van der Waals surface area contributed by atoms with Crippen molar-refractivity contribution < 1.29 is 18.3 Å². The van der Waals surface area contributed by atoms with E-state index in [1.54, 1.807) is 26.3 Å². The van der Waals surface area contributed by atoms with Gasteiger partial charge in [-0.15, -0.1) is 0 Å². The third kappa shape index (κ3) is 4.12. The van der Waals surface area contributed by atoms with Gasteiger partial charge in [-0.2, -0.15) is 13.2 Å². The molecule has 1 heterocycles. The number of imidazole rings is 1. The molecule has 0 amide bonds. The number of halogens is 3. The lowest BCUT2D eigenvalue weighted by atomic mass is 9.92. The molecular weight excluding hydrogens is 329 g/mol. The molecule has 6 heteroatoms. The Morgan fingerprint density at radius 2 is 2.04 bits per heavy atom. The minimum atomic E-state index is -4.19. The normalized spacial score (nSPS) is 18.6. The molecule has 1 atom stereocenters. The molecule has 0 aliphatic heterocycles. The van der Waals surface area contributed by atoms with Crippen LogP contribution in [0.1, 0.15) is 32.3 Å². The van der Waals surface area contributed by atoms with Crippen molar-refractivity contribution in [2.75, 3.05) is 0 Å². The molecule has 3 rings (SSSR count). The number of hydrogen-bond acceptors (Lipinski definition) is 2. The quantitative estimate of drug-likeness (QED) is 0.866. The molecule has 1 aromatic carbocycles. The van der Waals surface area contributed by atoms with Gasteiger partial charge < -0.3 is 9.67 Å². The topological polar surface area (TPSA) is 38.0 Å². The number of aliphatic hydroxyl groups is 1. The zero-order valence-corrected chi connectivity index (χ0v) is 14.2. The Bertz CT molecular complexity index is 825. The maximum atomic E-state index is 12.7. The van der Waals surface area contributed by atoms with Crippen LogP contribution in [0.5, 0.6) is 0 Å². The van der Waals surface area contributed by atoms with Crippen LogP contribution in [0, 0.1) is 5.92 Å². The Balaban J connectivity index is 1.79. The van der Waals surface area contributed by atoms with Gasteiger partial charge in [0.25, 0.3) is 0 Å². The molecule has 0 fully saturated rings. The van der Waals surface area contributed by atoms with Crippen molar-refractivity contribution in [3.8, 4) is 0 Å². The number of nitrogens with zero attached hydrogens (tertiary/aromatic N) is 2. The summed E-state index contributed by atoms with van der Waals surface area (Å²) in [6.45, 7) is 4.18. The van der Waals surface area contributed by atoms with E-state index in [0.29, 0.717) is 13.0 Å². The lowest BCUT2D eigenvalue weighted by Crippen LogP contribution is -2.21. The molecule has 0 saturated carbocycles. The van der Waals surface area contributed by atoms with Gasteiger partial charge in [0.15, 0.2) is 0 Å². The summed E-state index contributed by atoms with van der Waals surface area (Å²) in [4.78, 5) is 4.38. The fraction of sp³-hybridized carbons (Fsp3) is 0.421. The molecular formula is C19H21F3N2O. The minimum Gasteiger partial charge on any atom is -0.390 e. The molecule has 0 spiro atoms. The number of aromatic nitrogens is 2. The van der Waals surface area contributed by atoms with E-state index in [0.717, 1.165) is 22.2 Å². The van der Waals surface area contributed by atoms with Crippen molar-refractivity contribution in [1.29, 1.82) is 0 Å². The number of benzene rings is 1. The Hall–Kier alpha value is -2.08. The molecule has 0 radical (unpaired) electrons. The number of fused-ring (bicyclic) bond motifs is 1. The molecule has 1 aliphatic rings. The van der Waals surface area contributed by atoms with Crippen molar-refractivity contribution in [3.63, 3.8) is 0 Å². The average molecular weight is 350 g/mol. The molecule has 3 nitrogen and oxygen atoms in total. The summed E-state index contributed by atoms with van der Waals surface area (Å²) in [5.74, 6) is -1.40. The van der Waals surface area contributed by atoms with E-state index in [1.807, 2.05) is 22.8 Å². The molecule has 134 valence electrons. The smallest absolute Gasteiger partial charge is 0.390 e. The lowest BCUT2D eigenvalue weighted by Gasteiger charge is -2.19. The van der Waals surface area contributed by atoms with Crippen molar-refractivity contribution in [1.82, 2.24) is 9.55 Å². The first-order valence-electron chi connectivity index (χ1n) is 8.26. The molecule has 25 heavy (non-hydrogen) atoms. The number of hydrogen-bond donors (Lipinski definition) is 1. The number of rotatable bonds is 4. The van der Waals surface area contributed by atoms with Gasteiger partial charge in [-0.25, -0.2) is 4.98 Å². The second-order valence-corrected chi connectivity index (χ2v) is 7.11. The zero-order chi connectivity index (χ0) is 18.2. The predicted octanol–water partition coefficient (Wildman–Crippen LogP) is 4.72. The van der Waals surface area contributed by atoms with E-state index in [-0.39, 0.29) is 6.42 Å². The SMILES string of the molecule is CC(C)(O)CCn1cnc2cc(C3=CCC(C(F)(F)F)C=C3)ccc21. The van der Waals surface area contributed by atoms with Crippen LogP contribution in [0.3, 0.4) is 0 Å². The highest BCUT2D eigenvalue weighted by atomic mass is 19.4. The maximum absolute atomic E-state index is 12.7. The third-order valence-electron chi connectivity index (χ3n) is 4.44. The average Bonchev–Trinajstić information content (AvgIpc) is 2.94. The minimum absolute atomic E-state index is 0.0343. The van der Waals surface area contributed by atoms with Crippen LogP contribution in [0.25, 0.3) is 16.6 Å². The van der Waals surface area contributed by atoms with Crippen LogP contribution in [0.15, 0.2) is 42.8 Å². The van der Waals surface area contributed by atoms with Crippen LogP contribution < -0.4 is 0 Å². The van der Waals surface area contributed by atoms with Crippen LogP contribution in [0.2, 0.25) is 0 Å². The van der Waals surface area contributed by atoms with E-state index in [2.05, 4.69) is 4.98 Å². The Morgan fingerprint density at radius 1 is 1.28 bits per heavy atom. The van der Waals surface area contributed by atoms with Gasteiger partial charge in [0, 0.05) is 6.54 Å². The second-order valence-electron chi connectivity index (χ2n) is 7.11.